The Labute approximate surface area is 170 Å². The molecule has 1 aromatic heterocycles. The van der Waals surface area contributed by atoms with Crippen LogP contribution >= 0.6 is 31.9 Å². The van der Waals surface area contributed by atoms with Crippen LogP contribution in [0.25, 0.3) is 21.8 Å². The summed E-state index contributed by atoms with van der Waals surface area (Å²) in [5.74, 6) is 0. The van der Waals surface area contributed by atoms with E-state index in [4.69, 9.17) is 4.74 Å². The number of hydrogen-bond acceptors (Lipinski definition) is 2. The van der Waals surface area contributed by atoms with Crippen LogP contribution in [-0.2, 0) is 11.3 Å². The smallest absolute Gasteiger partial charge is 0.407 e. The van der Waals surface area contributed by atoms with Gasteiger partial charge in [-0.15, -0.1) is 0 Å². The van der Waals surface area contributed by atoms with Crippen molar-refractivity contribution in [3.63, 3.8) is 0 Å². The van der Waals surface area contributed by atoms with E-state index in [1.807, 2.05) is 20.8 Å². The van der Waals surface area contributed by atoms with Crippen LogP contribution in [0.2, 0.25) is 0 Å². The molecule has 0 aliphatic heterocycles. The molecule has 0 atom stereocenters. The molecule has 0 saturated heterocycles. The summed E-state index contributed by atoms with van der Waals surface area (Å²) in [7, 11) is 0. The highest BCUT2D eigenvalue weighted by Crippen LogP contribution is 2.32. The zero-order valence-electron chi connectivity index (χ0n) is 15.1. The van der Waals surface area contributed by atoms with Crippen molar-refractivity contribution in [2.45, 2.75) is 39.3 Å². The maximum Gasteiger partial charge on any atom is 0.407 e. The van der Waals surface area contributed by atoms with Gasteiger partial charge in [-0.25, -0.2) is 4.79 Å². The fourth-order valence-electron chi connectivity index (χ4n) is 3.02. The molecule has 0 fully saturated rings. The molecular formula is C20H22Br2N2O2. The van der Waals surface area contributed by atoms with Crippen LogP contribution in [0, 0.1) is 0 Å². The van der Waals surface area contributed by atoms with Crippen molar-refractivity contribution in [1.29, 1.82) is 0 Å². The second-order valence-electron chi connectivity index (χ2n) is 7.26. The molecule has 0 saturated carbocycles. The Hall–Kier alpha value is -1.53. The molecule has 26 heavy (non-hydrogen) atoms. The molecule has 1 amide bonds. The van der Waals surface area contributed by atoms with Crippen LogP contribution < -0.4 is 5.32 Å². The lowest BCUT2D eigenvalue weighted by molar-refractivity contribution is 0.0527. The number of rotatable bonds is 4. The number of hydrogen-bond donors (Lipinski definition) is 1. The maximum absolute atomic E-state index is 11.8. The van der Waals surface area contributed by atoms with Gasteiger partial charge in [0.25, 0.3) is 0 Å². The van der Waals surface area contributed by atoms with E-state index in [0.29, 0.717) is 6.54 Å². The van der Waals surface area contributed by atoms with E-state index in [1.54, 1.807) is 0 Å². The van der Waals surface area contributed by atoms with Crippen LogP contribution in [-0.4, -0.2) is 22.8 Å². The highest BCUT2D eigenvalue weighted by molar-refractivity contribution is 9.10. The Kier molecular flexibility index (Phi) is 5.63. The zero-order chi connectivity index (χ0) is 18.9. The molecule has 3 rings (SSSR count). The molecule has 0 unspecified atom stereocenters. The van der Waals surface area contributed by atoms with Crippen molar-refractivity contribution in [1.82, 2.24) is 9.88 Å². The minimum absolute atomic E-state index is 0.370. The average molecular weight is 482 g/mol. The van der Waals surface area contributed by atoms with Crippen LogP contribution in [0.15, 0.2) is 45.3 Å². The SMILES string of the molecule is CC(C)(C)OC(=O)NCCCn1c2cc(Br)ccc2c2ccc(Br)cc21. The first-order valence-corrected chi connectivity index (χ1v) is 10.2. The van der Waals surface area contributed by atoms with Gasteiger partial charge in [0.05, 0.1) is 11.0 Å². The molecule has 0 spiro atoms. The molecular weight excluding hydrogens is 460 g/mol. The molecule has 1 N–H and O–H groups in total. The summed E-state index contributed by atoms with van der Waals surface area (Å²) in [6.07, 6.45) is 0.446. The highest BCUT2D eigenvalue weighted by atomic mass is 79.9. The molecule has 138 valence electrons. The van der Waals surface area contributed by atoms with E-state index in [1.165, 1.54) is 21.8 Å². The summed E-state index contributed by atoms with van der Waals surface area (Å²) >= 11 is 7.14. The number of alkyl carbamates (subject to hydrolysis) is 1. The maximum atomic E-state index is 11.8. The normalized spacial score (nSPS) is 11.9. The Morgan fingerprint density at radius 2 is 1.58 bits per heavy atom. The van der Waals surface area contributed by atoms with Crippen LogP contribution in [0.1, 0.15) is 27.2 Å². The third kappa shape index (κ3) is 4.41. The summed E-state index contributed by atoms with van der Waals surface area (Å²) in [6.45, 7) is 6.96. The number of carbonyl (C=O) groups is 1. The molecule has 0 bridgehead atoms. The van der Waals surface area contributed by atoms with Crippen molar-refractivity contribution in [2.24, 2.45) is 0 Å². The lowest BCUT2D eigenvalue weighted by atomic mass is 10.2. The van der Waals surface area contributed by atoms with Gasteiger partial charge >= 0.3 is 6.09 Å². The monoisotopic (exact) mass is 480 g/mol. The number of fused-ring (bicyclic) bond motifs is 3. The van der Waals surface area contributed by atoms with Crippen LogP contribution in [0.3, 0.4) is 0 Å². The molecule has 3 aromatic rings. The molecule has 4 nitrogen and oxygen atoms in total. The quantitative estimate of drug-likeness (QED) is 0.448. The standard InChI is InChI=1S/C20H22Br2N2O2/c1-20(2,3)26-19(25)23-9-4-10-24-17-11-13(21)5-7-15(17)16-8-6-14(22)12-18(16)24/h5-8,11-12H,4,9-10H2,1-3H3,(H,23,25). The first-order chi connectivity index (χ1) is 12.2. The fraction of sp³-hybridized carbons (Fsp3) is 0.350. The van der Waals surface area contributed by atoms with E-state index in [0.717, 1.165) is 21.9 Å². The second kappa shape index (κ2) is 7.61. The summed E-state index contributed by atoms with van der Waals surface area (Å²) in [5.41, 5.74) is 1.89. The van der Waals surface area contributed by atoms with Gasteiger partial charge < -0.3 is 14.6 Å². The predicted octanol–water partition coefficient (Wildman–Crippen LogP) is 6.23. The van der Waals surface area contributed by atoms with Gasteiger partial charge in [-0.05, 0) is 51.5 Å². The average Bonchev–Trinajstić information content (AvgIpc) is 2.82. The number of benzene rings is 2. The van der Waals surface area contributed by atoms with E-state index >= 15 is 0 Å². The van der Waals surface area contributed by atoms with E-state index in [-0.39, 0.29) is 6.09 Å². The second-order valence-corrected chi connectivity index (χ2v) is 9.09. The number of nitrogens with one attached hydrogen (secondary N) is 1. The number of aryl methyl sites for hydroxylation is 1. The molecule has 1 heterocycles. The molecule has 0 aliphatic rings. The molecule has 6 heteroatoms. The Morgan fingerprint density at radius 1 is 1.04 bits per heavy atom. The Balaban J connectivity index is 1.79. The van der Waals surface area contributed by atoms with Crippen molar-refractivity contribution in [3.05, 3.63) is 45.3 Å². The van der Waals surface area contributed by atoms with Crippen LogP contribution in [0.4, 0.5) is 4.79 Å². The third-order valence-electron chi connectivity index (χ3n) is 4.02. The first-order valence-electron chi connectivity index (χ1n) is 8.58. The van der Waals surface area contributed by atoms with E-state index in [2.05, 4.69) is 78.1 Å². The molecule has 2 aromatic carbocycles. The highest BCUT2D eigenvalue weighted by Gasteiger charge is 2.16. The molecule has 0 aliphatic carbocycles. The predicted molar refractivity (Wildman–Crippen MR) is 114 cm³/mol. The first kappa shape index (κ1) is 19.2. The van der Waals surface area contributed by atoms with Gasteiger partial charge in [0.1, 0.15) is 5.60 Å². The number of halogens is 2. The number of ether oxygens (including phenoxy) is 1. The number of aromatic nitrogens is 1. The third-order valence-corrected chi connectivity index (χ3v) is 5.00. The van der Waals surface area contributed by atoms with Crippen molar-refractivity contribution in [3.8, 4) is 0 Å². The summed E-state index contributed by atoms with van der Waals surface area (Å²) in [5, 5.41) is 5.29. The summed E-state index contributed by atoms with van der Waals surface area (Å²) in [4.78, 5) is 11.8. The number of amides is 1. The van der Waals surface area contributed by atoms with Crippen molar-refractivity contribution >= 4 is 59.8 Å². The largest absolute Gasteiger partial charge is 0.444 e. The van der Waals surface area contributed by atoms with Gasteiger partial charge in [-0.3, -0.25) is 0 Å². The van der Waals surface area contributed by atoms with Gasteiger partial charge in [0.2, 0.25) is 0 Å². The van der Waals surface area contributed by atoms with E-state index in [9.17, 15) is 4.79 Å². The fourth-order valence-corrected chi connectivity index (χ4v) is 3.72. The van der Waals surface area contributed by atoms with Crippen LogP contribution in [0.5, 0.6) is 0 Å². The van der Waals surface area contributed by atoms with Crippen molar-refractivity contribution < 1.29 is 9.53 Å². The minimum atomic E-state index is -0.477. The number of carbonyl (C=O) groups excluding carboxylic acids is 1. The van der Waals surface area contributed by atoms with Gasteiger partial charge in [-0.2, -0.15) is 0 Å². The van der Waals surface area contributed by atoms with E-state index < -0.39 is 5.60 Å². The Bertz CT molecular complexity index is 898. The zero-order valence-corrected chi connectivity index (χ0v) is 18.3. The lowest BCUT2D eigenvalue weighted by Crippen LogP contribution is -2.33. The lowest BCUT2D eigenvalue weighted by Gasteiger charge is -2.19. The molecule has 0 radical (unpaired) electrons. The van der Waals surface area contributed by atoms with Gasteiger partial charge in [-0.1, -0.05) is 44.0 Å². The summed E-state index contributed by atoms with van der Waals surface area (Å²) < 4.78 is 9.69. The van der Waals surface area contributed by atoms with Gasteiger partial charge in [0.15, 0.2) is 0 Å². The Morgan fingerprint density at radius 3 is 2.08 bits per heavy atom. The minimum Gasteiger partial charge on any atom is -0.444 e. The summed E-state index contributed by atoms with van der Waals surface area (Å²) in [6, 6.07) is 12.7. The number of nitrogens with zero attached hydrogens (tertiary/aromatic N) is 1. The van der Waals surface area contributed by atoms with Crippen molar-refractivity contribution in [2.75, 3.05) is 6.54 Å². The van der Waals surface area contributed by atoms with Gasteiger partial charge in [0, 0.05) is 32.8 Å². The topological polar surface area (TPSA) is 43.3 Å².